The summed E-state index contributed by atoms with van der Waals surface area (Å²) in [7, 11) is 3.16. The molecule has 2 aromatic rings. The number of aliphatic hydroxyl groups excluding tert-OH is 1. The van der Waals surface area contributed by atoms with E-state index in [2.05, 4.69) is 27.5 Å². The molecule has 1 heterocycles. The summed E-state index contributed by atoms with van der Waals surface area (Å²) in [4.78, 5) is 10.2. The molecule has 28 heavy (non-hydrogen) atoms. The van der Waals surface area contributed by atoms with Crippen LogP contribution in [-0.4, -0.2) is 49.9 Å². The zero-order chi connectivity index (χ0) is 20.4. The highest BCUT2D eigenvalue weighted by molar-refractivity contribution is 7.11. The molecule has 3 N–H and O–H groups in total. The van der Waals surface area contributed by atoms with Crippen LogP contribution in [0.3, 0.4) is 0 Å². The van der Waals surface area contributed by atoms with Crippen molar-refractivity contribution in [2.75, 3.05) is 33.9 Å². The van der Waals surface area contributed by atoms with Crippen molar-refractivity contribution in [3.8, 4) is 11.5 Å². The topological polar surface area (TPSA) is 88.0 Å². The molecule has 0 aliphatic heterocycles. The molecule has 0 saturated carbocycles. The van der Waals surface area contributed by atoms with Gasteiger partial charge < -0.3 is 25.2 Å². The number of nitrogens with one attached hydrogen (secondary N) is 2. The molecule has 1 atom stereocenters. The summed E-state index contributed by atoms with van der Waals surface area (Å²) < 4.78 is 10.5. The summed E-state index contributed by atoms with van der Waals surface area (Å²) in [6, 6.07) is 5.37. The number of guanidine groups is 1. The molecule has 0 fully saturated rings. The average molecular weight is 407 g/mol. The minimum atomic E-state index is -0.735. The monoisotopic (exact) mass is 406 g/mol. The number of aromatic nitrogens is 1. The first-order valence-electron chi connectivity index (χ1n) is 9.46. The van der Waals surface area contributed by atoms with Gasteiger partial charge in [0.05, 0.1) is 31.9 Å². The Kier molecular flexibility index (Phi) is 9.03. The molecular formula is C20H30N4O3S. The van der Waals surface area contributed by atoms with Crippen molar-refractivity contribution in [3.63, 3.8) is 0 Å². The number of rotatable bonds is 10. The van der Waals surface area contributed by atoms with Crippen LogP contribution in [0.2, 0.25) is 0 Å². The van der Waals surface area contributed by atoms with Crippen LogP contribution in [0.15, 0.2) is 29.4 Å². The molecule has 0 bridgehead atoms. The lowest BCUT2D eigenvalue weighted by Gasteiger charge is -2.14. The van der Waals surface area contributed by atoms with Gasteiger partial charge in [-0.05, 0) is 31.0 Å². The molecular weight excluding hydrogens is 376 g/mol. The molecule has 0 radical (unpaired) electrons. The molecule has 1 aromatic heterocycles. The van der Waals surface area contributed by atoms with Crippen LogP contribution in [-0.2, 0) is 12.8 Å². The first kappa shape index (κ1) is 22.0. The van der Waals surface area contributed by atoms with Gasteiger partial charge in [-0.15, -0.1) is 11.3 Å². The molecule has 2 rings (SSSR count). The second kappa shape index (κ2) is 11.5. The van der Waals surface area contributed by atoms with Crippen molar-refractivity contribution in [3.05, 3.63) is 39.8 Å². The average Bonchev–Trinajstić information content (AvgIpc) is 3.19. The maximum atomic E-state index is 10.5. The lowest BCUT2D eigenvalue weighted by atomic mass is 10.1. The number of aliphatic imine (C=N–C) groups is 1. The van der Waals surface area contributed by atoms with Crippen LogP contribution < -0.4 is 20.1 Å². The van der Waals surface area contributed by atoms with Crippen molar-refractivity contribution in [2.45, 2.75) is 32.8 Å². The minimum absolute atomic E-state index is 0.238. The van der Waals surface area contributed by atoms with Crippen molar-refractivity contribution in [1.82, 2.24) is 15.6 Å². The van der Waals surface area contributed by atoms with Crippen LogP contribution in [0.1, 0.15) is 35.4 Å². The number of nitrogens with zero attached hydrogens (tertiary/aromatic N) is 2. The lowest BCUT2D eigenvalue weighted by Crippen LogP contribution is -2.38. The van der Waals surface area contributed by atoms with Gasteiger partial charge in [0.1, 0.15) is 0 Å². The van der Waals surface area contributed by atoms with E-state index in [4.69, 9.17) is 9.47 Å². The molecule has 7 nitrogen and oxygen atoms in total. The number of thiazole rings is 1. The minimum Gasteiger partial charge on any atom is -0.493 e. The first-order valence-corrected chi connectivity index (χ1v) is 10.3. The maximum Gasteiger partial charge on any atom is 0.191 e. The number of aryl methyl sites for hydroxylation is 1. The summed E-state index contributed by atoms with van der Waals surface area (Å²) in [6.45, 7) is 5.86. The first-order chi connectivity index (χ1) is 13.6. The fourth-order valence-corrected chi connectivity index (χ4v) is 3.46. The second-order valence-electron chi connectivity index (χ2n) is 6.10. The summed E-state index contributed by atoms with van der Waals surface area (Å²) in [5.74, 6) is 1.89. The largest absolute Gasteiger partial charge is 0.493 e. The van der Waals surface area contributed by atoms with E-state index in [1.165, 1.54) is 4.88 Å². The number of hydrogen-bond donors (Lipinski definition) is 3. The van der Waals surface area contributed by atoms with E-state index in [0.29, 0.717) is 17.5 Å². The highest BCUT2D eigenvalue weighted by atomic mass is 32.1. The standard InChI is InChI=1S/C20H30N4O3S/c1-5-15-12-23-19(28-15)9-10-22-20(21-6-2)24-13-16(25)14-7-8-17(26-3)18(11-14)27-4/h7-8,11-12,16,25H,5-6,9-10,13H2,1-4H3,(H2,21,22,24). The third kappa shape index (κ3) is 6.38. The van der Waals surface area contributed by atoms with Crippen LogP contribution in [0, 0.1) is 0 Å². The summed E-state index contributed by atoms with van der Waals surface area (Å²) in [5, 5.41) is 18.1. The van der Waals surface area contributed by atoms with Gasteiger partial charge in [0.15, 0.2) is 17.5 Å². The van der Waals surface area contributed by atoms with Gasteiger partial charge in [-0.25, -0.2) is 4.98 Å². The predicted molar refractivity (Wildman–Crippen MR) is 114 cm³/mol. The zero-order valence-electron chi connectivity index (χ0n) is 17.0. The fraction of sp³-hybridized carbons (Fsp3) is 0.500. The highest BCUT2D eigenvalue weighted by Gasteiger charge is 2.12. The van der Waals surface area contributed by atoms with Gasteiger partial charge in [0, 0.05) is 30.6 Å². The Bertz CT molecular complexity index is 764. The van der Waals surface area contributed by atoms with Crippen molar-refractivity contribution in [2.24, 2.45) is 4.99 Å². The van der Waals surface area contributed by atoms with E-state index in [-0.39, 0.29) is 6.54 Å². The summed E-state index contributed by atoms with van der Waals surface area (Å²) in [6.07, 6.45) is 3.07. The van der Waals surface area contributed by atoms with E-state index in [1.54, 1.807) is 37.7 Å². The smallest absolute Gasteiger partial charge is 0.191 e. The Morgan fingerprint density at radius 2 is 2.00 bits per heavy atom. The van der Waals surface area contributed by atoms with Gasteiger partial charge in [-0.3, -0.25) is 4.99 Å². The van der Waals surface area contributed by atoms with Crippen molar-refractivity contribution >= 4 is 17.3 Å². The molecule has 0 amide bonds. The molecule has 0 aliphatic rings. The third-order valence-electron chi connectivity index (χ3n) is 4.14. The van der Waals surface area contributed by atoms with Crippen LogP contribution in [0.5, 0.6) is 11.5 Å². The van der Waals surface area contributed by atoms with E-state index in [0.717, 1.165) is 36.5 Å². The van der Waals surface area contributed by atoms with Crippen molar-refractivity contribution < 1.29 is 14.6 Å². The van der Waals surface area contributed by atoms with Gasteiger partial charge in [0.2, 0.25) is 0 Å². The highest BCUT2D eigenvalue weighted by Crippen LogP contribution is 2.30. The zero-order valence-corrected chi connectivity index (χ0v) is 17.8. The molecule has 1 aromatic carbocycles. The SMILES string of the molecule is CCNC(=NCC(O)c1ccc(OC)c(OC)c1)NCCc1ncc(CC)s1. The van der Waals surface area contributed by atoms with E-state index >= 15 is 0 Å². The lowest BCUT2D eigenvalue weighted by molar-refractivity contribution is 0.186. The Morgan fingerprint density at radius 1 is 1.21 bits per heavy atom. The van der Waals surface area contributed by atoms with Crippen LogP contribution >= 0.6 is 11.3 Å². The van der Waals surface area contributed by atoms with E-state index in [1.807, 2.05) is 19.2 Å². The Morgan fingerprint density at radius 3 is 2.64 bits per heavy atom. The number of methoxy groups -OCH3 is 2. The molecule has 0 saturated heterocycles. The predicted octanol–water partition coefficient (Wildman–Crippen LogP) is 2.55. The quantitative estimate of drug-likeness (QED) is 0.415. The third-order valence-corrected chi connectivity index (χ3v) is 5.34. The van der Waals surface area contributed by atoms with Gasteiger partial charge in [0.25, 0.3) is 0 Å². The molecule has 0 spiro atoms. The number of aliphatic hydroxyl groups is 1. The molecule has 8 heteroatoms. The normalized spacial score (nSPS) is 12.5. The number of ether oxygens (including phenoxy) is 2. The maximum absolute atomic E-state index is 10.5. The fourth-order valence-electron chi connectivity index (χ4n) is 2.60. The molecule has 0 aliphatic carbocycles. The van der Waals surface area contributed by atoms with Crippen molar-refractivity contribution in [1.29, 1.82) is 0 Å². The van der Waals surface area contributed by atoms with E-state index in [9.17, 15) is 5.11 Å². The molecule has 1 unspecified atom stereocenters. The number of hydrogen-bond acceptors (Lipinski definition) is 6. The van der Waals surface area contributed by atoms with Crippen LogP contribution in [0.25, 0.3) is 0 Å². The Balaban J connectivity index is 1.93. The van der Waals surface area contributed by atoms with Gasteiger partial charge >= 0.3 is 0 Å². The second-order valence-corrected chi connectivity index (χ2v) is 7.30. The number of benzene rings is 1. The Hall–Kier alpha value is -2.32. The van der Waals surface area contributed by atoms with Gasteiger partial charge in [-0.2, -0.15) is 0 Å². The summed E-state index contributed by atoms with van der Waals surface area (Å²) >= 11 is 1.75. The molecule has 154 valence electrons. The van der Waals surface area contributed by atoms with Gasteiger partial charge in [-0.1, -0.05) is 13.0 Å². The van der Waals surface area contributed by atoms with E-state index < -0.39 is 6.10 Å². The van der Waals surface area contributed by atoms with Crippen LogP contribution in [0.4, 0.5) is 0 Å². The summed E-state index contributed by atoms with van der Waals surface area (Å²) in [5.41, 5.74) is 0.729. The Labute approximate surface area is 170 Å².